The highest BCUT2D eigenvalue weighted by Gasteiger charge is 2.17. The van der Waals surface area contributed by atoms with Crippen molar-refractivity contribution < 1.29 is 17.9 Å². The van der Waals surface area contributed by atoms with Crippen molar-refractivity contribution in [2.75, 3.05) is 18.1 Å². The minimum atomic E-state index is -3.48. The van der Waals surface area contributed by atoms with Crippen LogP contribution in [0.5, 0.6) is 0 Å². The molecule has 0 saturated heterocycles. The van der Waals surface area contributed by atoms with Crippen LogP contribution in [-0.2, 0) is 14.8 Å². The number of nitrogens with one attached hydrogen (secondary N) is 1. The van der Waals surface area contributed by atoms with E-state index in [1.165, 1.54) is 13.2 Å². The highest BCUT2D eigenvalue weighted by molar-refractivity contribution is 7.92. The highest BCUT2D eigenvalue weighted by Crippen LogP contribution is 2.26. The summed E-state index contributed by atoms with van der Waals surface area (Å²) in [6.45, 7) is 1.64. The first kappa shape index (κ1) is 13.8. The van der Waals surface area contributed by atoms with Crippen molar-refractivity contribution in [3.63, 3.8) is 0 Å². The van der Waals surface area contributed by atoms with Crippen LogP contribution in [0.4, 0.5) is 5.69 Å². The lowest BCUT2D eigenvalue weighted by atomic mass is 10.1. The molecule has 0 radical (unpaired) electrons. The van der Waals surface area contributed by atoms with Crippen molar-refractivity contribution in [1.82, 2.24) is 0 Å². The molecule has 0 aromatic heterocycles. The van der Waals surface area contributed by atoms with Crippen molar-refractivity contribution in [3.8, 4) is 0 Å². The summed E-state index contributed by atoms with van der Waals surface area (Å²) >= 11 is 5.81. The summed E-state index contributed by atoms with van der Waals surface area (Å²) in [5.41, 5.74) is 0.815. The number of hydrogen-bond donors (Lipinski definition) is 1. The van der Waals surface area contributed by atoms with Crippen LogP contribution in [0.2, 0.25) is 5.02 Å². The first-order valence-electron chi connectivity index (χ1n) is 4.61. The van der Waals surface area contributed by atoms with Gasteiger partial charge in [0.1, 0.15) is 0 Å². The molecule has 1 aromatic rings. The molecular formula is C10H12ClNO4S. The van der Waals surface area contributed by atoms with E-state index in [4.69, 9.17) is 11.6 Å². The van der Waals surface area contributed by atoms with Gasteiger partial charge in [0.05, 0.1) is 24.6 Å². The van der Waals surface area contributed by atoms with Crippen molar-refractivity contribution in [1.29, 1.82) is 0 Å². The van der Waals surface area contributed by atoms with Crippen LogP contribution in [0, 0.1) is 6.92 Å². The SMILES string of the molecule is COC(=O)c1cc(Cl)cc(C)c1NS(C)(=O)=O. The Morgan fingerprint density at radius 1 is 1.41 bits per heavy atom. The van der Waals surface area contributed by atoms with Crippen molar-refractivity contribution in [2.24, 2.45) is 0 Å². The molecule has 0 amide bonds. The van der Waals surface area contributed by atoms with Gasteiger partial charge in [-0.25, -0.2) is 13.2 Å². The molecule has 5 nitrogen and oxygen atoms in total. The fourth-order valence-electron chi connectivity index (χ4n) is 1.33. The van der Waals surface area contributed by atoms with Crippen LogP contribution in [0.1, 0.15) is 15.9 Å². The Hall–Kier alpha value is -1.27. The average Bonchev–Trinajstić information content (AvgIpc) is 2.19. The van der Waals surface area contributed by atoms with Crippen LogP contribution >= 0.6 is 11.6 Å². The van der Waals surface area contributed by atoms with Crippen LogP contribution < -0.4 is 4.72 Å². The fraction of sp³-hybridized carbons (Fsp3) is 0.300. The summed E-state index contributed by atoms with van der Waals surface area (Å²) in [7, 11) is -2.27. The molecule has 94 valence electrons. The van der Waals surface area contributed by atoms with Gasteiger partial charge in [-0.05, 0) is 24.6 Å². The Labute approximate surface area is 105 Å². The molecule has 0 spiro atoms. The molecule has 1 rings (SSSR count). The van der Waals surface area contributed by atoms with E-state index in [0.717, 1.165) is 6.26 Å². The maximum absolute atomic E-state index is 11.5. The molecule has 0 saturated carbocycles. The zero-order valence-corrected chi connectivity index (χ0v) is 11.1. The Morgan fingerprint density at radius 2 is 2.00 bits per heavy atom. The van der Waals surface area contributed by atoms with Crippen LogP contribution in [-0.4, -0.2) is 27.8 Å². The maximum Gasteiger partial charge on any atom is 0.340 e. The van der Waals surface area contributed by atoms with E-state index >= 15 is 0 Å². The third-order valence-electron chi connectivity index (χ3n) is 1.99. The van der Waals surface area contributed by atoms with E-state index in [2.05, 4.69) is 9.46 Å². The standard InChI is InChI=1S/C10H12ClNO4S/c1-6-4-7(11)5-8(10(13)16-2)9(6)12-17(3,14)15/h4-5,12H,1-3H3. The third-order valence-corrected chi connectivity index (χ3v) is 2.79. The van der Waals surface area contributed by atoms with Crippen molar-refractivity contribution in [3.05, 3.63) is 28.3 Å². The third kappa shape index (κ3) is 3.61. The van der Waals surface area contributed by atoms with Gasteiger partial charge in [-0.3, -0.25) is 4.72 Å². The normalized spacial score (nSPS) is 11.1. The Kier molecular flexibility index (Phi) is 4.00. The second-order valence-corrected chi connectivity index (χ2v) is 5.70. The van der Waals surface area contributed by atoms with Gasteiger partial charge >= 0.3 is 5.97 Å². The largest absolute Gasteiger partial charge is 0.465 e. The fourth-order valence-corrected chi connectivity index (χ4v) is 2.25. The van der Waals surface area contributed by atoms with Gasteiger partial charge in [-0.2, -0.15) is 0 Å². The molecule has 0 unspecified atom stereocenters. The lowest BCUT2D eigenvalue weighted by Crippen LogP contribution is -2.15. The molecule has 0 aliphatic rings. The minimum Gasteiger partial charge on any atom is -0.465 e. The van der Waals surface area contributed by atoms with Gasteiger partial charge in [-0.15, -0.1) is 0 Å². The van der Waals surface area contributed by atoms with Crippen LogP contribution in [0.3, 0.4) is 0 Å². The second-order valence-electron chi connectivity index (χ2n) is 3.51. The number of ether oxygens (including phenoxy) is 1. The molecule has 1 aromatic carbocycles. The number of carbonyl (C=O) groups is 1. The molecule has 0 fully saturated rings. The number of sulfonamides is 1. The molecule has 0 heterocycles. The van der Waals surface area contributed by atoms with E-state index < -0.39 is 16.0 Å². The summed E-state index contributed by atoms with van der Waals surface area (Å²) in [6, 6.07) is 2.91. The number of rotatable bonds is 3. The predicted octanol–water partition coefficient (Wildman–Crippen LogP) is 1.81. The minimum absolute atomic E-state index is 0.0860. The number of halogens is 1. The Balaban J connectivity index is 3.40. The molecular weight excluding hydrogens is 266 g/mol. The predicted molar refractivity (Wildman–Crippen MR) is 66.0 cm³/mol. The van der Waals surface area contributed by atoms with E-state index in [-0.39, 0.29) is 11.3 Å². The van der Waals surface area contributed by atoms with Gasteiger partial charge in [0.25, 0.3) is 0 Å². The van der Waals surface area contributed by atoms with E-state index in [9.17, 15) is 13.2 Å². The van der Waals surface area contributed by atoms with Crippen molar-refractivity contribution in [2.45, 2.75) is 6.92 Å². The molecule has 0 atom stereocenters. The van der Waals surface area contributed by atoms with E-state index in [1.54, 1.807) is 13.0 Å². The molecule has 7 heteroatoms. The highest BCUT2D eigenvalue weighted by atomic mass is 35.5. The molecule has 17 heavy (non-hydrogen) atoms. The van der Waals surface area contributed by atoms with Crippen LogP contribution in [0.15, 0.2) is 12.1 Å². The first-order chi connectivity index (χ1) is 7.74. The summed E-state index contributed by atoms with van der Waals surface area (Å²) in [4.78, 5) is 11.5. The Bertz CT molecular complexity index is 554. The number of methoxy groups -OCH3 is 1. The van der Waals surface area contributed by atoms with Gasteiger partial charge in [0, 0.05) is 5.02 Å². The van der Waals surface area contributed by atoms with E-state index in [0.29, 0.717) is 10.6 Å². The Morgan fingerprint density at radius 3 is 2.47 bits per heavy atom. The summed E-state index contributed by atoms with van der Waals surface area (Å²) in [6.07, 6.45) is 1.00. The number of anilines is 1. The number of esters is 1. The maximum atomic E-state index is 11.5. The van der Waals surface area contributed by atoms with Gasteiger partial charge in [-0.1, -0.05) is 11.6 Å². The number of aryl methyl sites for hydroxylation is 1. The lowest BCUT2D eigenvalue weighted by molar-refractivity contribution is 0.0602. The topological polar surface area (TPSA) is 72.5 Å². The smallest absolute Gasteiger partial charge is 0.340 e. The number of carbonyl (C=O) groups excluding carboxylic acids is 1. The zero-order chi connectivity index (χ0) is 13.2. The van der Waals surface area contributed by atoms with E-state index in [1.807, 2.05) is 0 Å². The number of hydrogen-bond acceptors (Lipinski definition) is 4. The van der Waals surface area contributed by atoms with Gasteiger partial charge in [0.15, 0.2) is 0 Å². The van der Waals surface area contributed by atoms with Crippen LogP contribution in [0.25, 0.3) is 0 Å². The second kappa shape index (κ2) is 4.93. The summed E-state index contributed by atoms with van der Waals surface area (Å²) < 4.78 is 29.3. The summed E-state index contributed by atoms with van der Waals surface area (Å²) in [5.74, 6) is -0.651. The molecule has 0 aliphatic heterocycles. The van der Waals surface area contributed by atoms with Crippen molar-refractivity contribution >= 4 is 33.3 Å². The lowest BCUT2D eigenvalue weighted by Gasteiger charge is -2.12. The quantitative estimate of drug-likeness (QED) is 0.855. The molecule has 0 bridgehead atoms. The monoisotopic (exact) mass is 277 g/mol. The van der Waals surface area contributed by atoms with Gasteiger partial charge in [0.2, 0.25) is 10.0 Å². The summed E-state index contributed by atoms with van der Waals surface area (Å²) in [5, 5.41) is 0.335. The molecule has 1 N–H and O–H groups in total. The average molecular weight is 278 g/mol. The first-order valence-corrected chi connectivity index (χ1v) is 6.88. The van der Waals surface area contributed by atoms with Gasteiger partial charge < -0.3 is 4.74 Å². The molecule has 0 aliphatic carbocycles. The zero-order valence-electron chi connectivity index (χ0n) is 9.57. The number of benzene rings is 1.